The van der Waals surface area contributed by atoms with Crippen molar-refractivity contribution < 1.29 is 23.7 Å². The summed E-state index contributed by atoms with van der Waals surface area (Å²) in [4.78, 5) is 11.8. The van der Waals surface area contributed by atoms with Gasteiger partial charge in [-0.2, -0.15) is 0 Å². The molecule has 0 amide bonds. The first-order valence-electron chi connectivity index (χ1n) is 19.7. The predicted octanol–water partition coefficient (Wildman–Crippen LogP) is 13.2. The van der Waals surface area contributed by atoms with Crippen LogP contribution in [0.1, 0.15) is 144 Å². The SMILES string of the molecule is CCCCCOc1ccc(-c2ccc(-c3ccc(OCCCC)cc3OCCCCCCCCCCCCCC(=O)OC(C)(C)C)cc2)cc1. The van der Waals surface area contributed by atoms with Gasteiger partial charge in [-0.1, -0.05) is 127 Å². The molecule has 0 atom stereocenters. The first-order chi connectivity index (χ1) is 24.3. The van der Waals surface area contributed by atoms with E-state index in [1.54, 1.807) is 0 Å². The lowest BCUT2D eigenvalue weighted by Gasteiger charge is -2.19. The van der Waals surface area contributed by atoms with Crippen molar-refractivity contribution in [1.82, 2.24) is 0 Å². The number of rotatable bonds is 26. The minimum absolute atomic E-state index is 0.0692. The molecule has 0 heterocycles. The summed E-state index contributed by atoms with van der Waals surface area (Å²) in [6.45, 7) is 12.4. The van der Waals surface area contributed by atoms with E-state index in [1.165, 1.54) is 75.3 Å². The van der Waals surface area contributed by atoms with Gasteiger partial charge in [-0.25, -0.2) is 0 Å². The fraction of sp³-hybridized carbons (Fsp3) is 0.578. The van der Waals surface area contributed by atoms with Crippen LogP contribution in [0.25, 0.3) is 22.3 Å². The summed E-state index contributed by atoms with van der Waals surface area (Å²) in [6.07, 6.45) is 19.4. The van der Waals surface area contributed by atoms with Crippen LogP contribution < -0.4 is 14.2 Å². The molecule has 3 aromatic rings. The van der Waals surface area contributed by atoms with E-state index in [1.807, 2.05) is 20.8 Å². The third kappa shape index (κ3) is 17.0. The quantitative estimate of drug-likeness (QED) is 0.0621. The molecule has 0 aromatic heterocycles. The molecule has 3 rings (SSSR count). The molecule has 0 spiro atoms. The molecule has 0 unspecified atom stereocenters. The number of carbonyl (C=O) groups excluding carboxylic acids is 1. The van der Waals surface area contributed by atoms with Crippen LogP contribution >= 0.6 is 0 Å². The molecule has 0 N–H and O–H groups in total. The van der Waals surface area contributed by atoms with Gasteiger partial charge in [-0.15, -0.1) is 0 Å². The molecule has 0 radical (unpaired) electrons. The lowest BCUT2D eigenvalue weighted by atomic mass is 9.99. The van der Waals surface area contributed by atoms with Crippen molar-refractivity contribution in [2.45, 2.75) is 149 Å². The Bertz CT molecular complexity index is 1320. The predicted molar refractivity (Wildman–Crippen MR) is 209 cm³/mol. The normalized spacial score (nSPS) is 11.4. The molecule has 5 nitrogen and oxygen atoms in total. The molecule has 0 saturated heterocycles. The molecule has 0 fully saturated rings. The molecule has 0 bridgehead atoms. The zero-order valence-corrected chi connectivity index (χ0v) is 32.0. The summed E-state index contributed by atoms with van der Waals surface area (Å²) in [7, 11) is 0. The molecule has 5 heteroatoms. The molecular weight excluding hydrogens is 620 g/mol. The Morgan fingerprint density at radius 1 is 0.500 bits per heavy atom. The van der Waals surface area contributed by atoms with E-state index < -0.39 is 0 Å². The van der Waals surface area contributed by atoms with Crippen LogP contribution in [0.4, 0.5) is 0 Å². The van der Waals surface area contributed by atoms with E-state index in [4.69, 9.17) is 18.9 Å². The van der Waals surface area contributed by atoms with Crippen molar-refractivity contribution >= 4 is 5.97 Å². The Kier molecular flexibility index (Phi) is 19.5. The van der Waals surface area contributed by atoms with Crippen LogP contribution in [0, 0.1) is 0 Å². The fourth-order valence-corrected chi connectivity index (χ4v) is 5.95. The van der Waals surface area contributed by atoms with Gasteiger partial charge in [0.05, 0.1) is 19.8 Å². The molecule has 0 saturated carbocycles. The van der Waals surface area contributed by atoms with Gasteiger partial charge < -0.3 is 18.9 Å². The summed E-state index contributed by atoms with van der Waals surface area (Å²) in [5.74, 6) is 2.62. The second kappa shape index (κ2) is 23.8. The Morgan fingerprint density at radius 2 is 0.960 bits per heavy atom. The number of esters is 1. The van der Waals surface area contributed by atoms with Gasteiger partial charge in [0, 0.05) is 18.1 Å². The van der Waals surface area contributed by atoms with Crippen LogP contribution in [-0.2, 0) is 9.53 Å². The molecule has 3 aromatic carbocycles. The van der Waals surface area contributed by atoms with Crippen molar-refractivity contribution in [1.29, 1.82) is 0 Å². The highest BCUT2D eigenvalue weighted by molar-refractivity contribution is 5.75. The number of unbranched alkanes of at least 4 members (excludes halogenated alkanes) is 13. The molecule has 0 aliphatic rings. The Hall–Kier alpha value is -3.47. The minimum Gasteiger partial charge on any atom is -0.494 e. The molecular formula is C45H66O5. The lowest BCUT2D eigenvalue weighted by molar-refractivity contribution is -0.154. The maximum Gasteiger partial charge on any atom is 0.306 e. The van der Waals surface area contributed by atoms with Gasteiger partial charge in [0.1, 0.15) is 22.8 Å². The van der Waals surface area contributed by atoms with E-state index in [2.05, 4.69) is 80.6 Å². The number of hydrogen-bond donors (Lipinski definition) is 0. The monoisotopic (exact) mass is 686 g/mol. The van der Waals surface area contributed by atoms with Crippen molar-refractivity contribution in [3.05, 3.63) is 66.7 Å². The van der Waals surface area contributed by atoms with Crippen LogP contribution in [-0.4, -0.2) is 31.4 Å². The largest absolute Gasteiger partial charge is 0.494 e. The van der Waals surface area contributed by atoms with Gasteiger partial charge in [-0.3, -0.25) is 4.79 Å². The number of ether oxygens (including phenoxy) is 4. The third-order valence-corrected chi connectivity index (χ3v) is 8.82. The highest BCUT2D eigenvalue weighted by atomic mass is 16.6. The molecule has 0 aliphatic heterocycles. The third-order valence-electron chi connectivity index (χ3n) is 8.82. The molecule has 50 heavy (non-hydrogen) atoms. The second-order valence-corrected chi connectivity index (χ2v) is 14.6. The first-order valence-corrected chi connectivity index (χ1v) is 19.7. The zero-order chi connectivity index (χ0) is 35.9. The molecule has 276 valence electrons. The standard InChI is InChI=1S/C45H66O5/c1-6-8-20-34-47-40-29-27-38(28-30-40)37-23-25-39(26-24-37)42-32-31-41(48-33-9-7-2)36-43(42)49-35-21-18-16-14-12-10-11-13-15-17-19-22-44(46)50-45(3,4)5/h23-32,36H,6-22,33-35H2,1-5H3. The summed E-state index contributed by atoms with van der Waals surface area (Å²) in [6, 6.07) is 23.4. The van der Waals surface area contributed by atoms with E-state index in [-0.39, 0.29) is 11.6 Å². The maximum absolute atomic E-state index is 11.8. The summed E-state index contributed by atoms with van der Waals surface area (Å²) in [5.41, 5.74) is 4.22. The van der Waals surface area contributed by atoms with Gasteiger partial charge in [0.15, 0.2) is 0 Å². The van der Waals surface area contributed by atoms with Crippen LogP contribution in [0.3, 0.4) is 0 Å². The van der Waals surface area contributed by atoms with Crippen LogP contribution in [0.15, 0.2) is 66.7 Å². The van der Waals surface area contributed by atoms with E-state index >= 15 is 0 Å². The fourth-order valence-electron chi connectivity index (χ4n) is 5.95. The minimum atomic E-state index is -0.380. The van der Waals surface area contributed by atoms with E-state index in [0.717, 1.165) is 80.1 Å². The average molecular weight is 687 g/mol. The number of benzene rings is 3. The van der Waals surface area contributed by atoms with Crippen molar-refractivity contribution in [3.63, 3.8) is 0 Å². The van der Waals surface area contributed by atoms with Crippen LogP contribution in [0.5, 0.6) is 17.2 Å². The van der Waals surface area contributed by atoms with Crippen molar-refractivity contribution in [2.75, 3.05) is 19.8 Å². The maximum atomic E-state index is 11.8. The molecule has 0 aliphatic carbocycles. The highest BCUT2D eigenvalue weighted by Crippen LogP contribution is 2.35. The van der Waals surface area contributed by atoms with Crippen molar-refractivity contribution in [2.24, 2.45) is 0 Å². The average Bonchev–Trinajstić information content (AvgIpc) is 3.10. The first kappa shape index (κ1) is 41.0. The number of carbonyl (C=O) groups is 1. The Balaban J connectivity index is 1.40. The topological polar surface area (TPSA) is 54.0 Å². The van der Waals surface area contributed by atoms with E-state index in [0.29, 0.717) is 13.0 Å². The van der Waals surface area contributed by atoms with Crippen LogP contribution in [0.2, 0.25) is 0 Å². The smallest absolute Gasteiger partial charge is 0.306 e. The zero-order valence-electron chi connectivity index (χ0n) is 32.0. The summed E-state index contributed by atoms with van der Waals surface area (Å²) < 4.78 is 23.7. The van der Waals surface area contributed by atoms with Gasteiger partial charge in [-0.05, 0) is 87.4 Å². The second-order valence-electron chi connectivity index (χ2n) is 14.6. The van der Waals surface area contributed by atoms with Gasteiger partial charge in [0.2, 0.25) is 0 Å². The summed E-state index contributed by atoms with van der Waals surface area (Å²) >= 11 is 0. The van der Waals surface area contributed by atoms with E-state index in [9.17, 15) is 4.79 Å². The summed E-state index contributed by atoms with van der Waals surface area (Å²) in [5, 5.41) is 0. The van der Waals surface area contributed by atoms with Gasteiger partial charge >= 0.3 is 5.97 Å². The Morgan fingerprint density at radius 3 is 1.56 bits per heavy atom. The van der Waals surface area contributed by atoms with Gasteiger partial charge in [0.25, 0.3) is 0 Å². The highest BCUT2D eigenvalue weighted by Gasteiger charge is 2.15. The van der Waals surface area contributed by atoms with Crippen molar-refractivity contribution in [3.8, 4) is 39.5 Å². The lowest BCUT2D eigenvalue weighted by Crippen LogP contribution is -2.23. The Labute approximate surface area is 304 Å². The number of hydrogen-bond acceptors (Lipinski definition) is 5.